The number of nitrogen functional groups attached to an aromatic ring is 1. The number of carbonyl (C=O) groups is 2. The Hall–Kier alpha value is -2.04. The summed E-state index contributed by atoms with van der Waals surface area (Å²) >= 11 is 0. The van der Waals surface area contributed by atoms with Crippen LogP contribution < -0.4 is 5.73 Å². The lowest BCUT2D eigenvalue weighted by atomic mass is 10.1. The number of aromatic carboxylic acids is 1. The molecule has 0 saturated carbocycles. The third kappa shape index (κ3) is 4.08. The highest BCUT2D eigenvalue weighted by Gasteiger charge is 2.17. The van der Waals surface area contributed by atoms with Crippen LogP contribution in [-0.2, 0) is 16.0 Å². The van der Waals surface area contributed by atoms with Gasteiger partial charge >= 0.3 is 11.9 Å². The van der Waals surface area contributed by atoms with Crippen LogP contribution in [0.5, 0.6) is 0 Å². The predicted molar refractivity (Wildman–Crippen MR) is 67.4 cm³/mol. The number of esters is 1. The molecule has 0 atom stereocenters. The molecule has 98 valence electrons. The second-order valence-electron chi connectivity index (χ2n) is 4.99. The van der Waals surface area contributed by atoms with E-state index in [0.29, 0.717) is 5.56 Å². The van der Waals surface area contributed by atoms with Crippen molar-refractivity contribution in [3.63, 3.8) is 0 Å². The fourth-order valence-corrected chi connectivity index (χ4v) is 1.46. The summed E-state index contributed by atoms with van der Waals surface area (Å²) in [5, 5.41) is 8.82. The molecule has 0 aliphatic rings. The molecule has 5 nitrogen and oxygen atoms in total. The van der Waals surface area contributed by atoms with Crippen LogP contribution in [0, 0.1) is 0 Å². The van der Waals surface area contributed by atoms with E-state index in [-0.39, 0.29) is 23.6 Å². The molecule has 0 aliphatic heterocycles. The molecule has 0 bridgehead atoms. The Kier molecular flexibility index (Phi) is 3.96. The molecule has 0 unspecified atom stereocenters. The number of anilines is 1. The van der Waals surface area contributed by atoms with Crippen molar-refractivity contribution in [1.29, 1.82) is 0 Å². The standard InChI is InChI=1S/C13H17NO4/c1-13(2,3)18-11(15)7-8-4-5-9(12(16)17)10(14)6-8/h4-6H,7,14H2,1-3H3,(H,16,17). The lowest BCUT2D eigenvalue weighted by molar-refractivity contribution is -0.153. The summed E-state index contributed by atoms with van der Waals surface area (Å²) in [6.45, 7) is 5.35. The average molecular weight is 251 g/mol. The van der Waals surface area contributed by atoms with Crippen molar-refractivity contribution < 1.29 is 19.4 Å². The van der Waals surface area contributed by atoms with E-state index < -0.39 is 11.6 Å². The van der Waals surface area contributed by atoms with Crippen LogP contribution in [0.2, 0.25) is 0 Å². The highest BCUT2D eigenvalue weighted by atomic mass is 16.6. The molecule has 1 rings (SSSR count). The second-order valence-corrected chi connectivity index (χ2v) is 4.99. The molecular formula is C13H17NO4. The maximum Gasteiger partial charge on any atom is 0.337 e. The van der Waals surface area contributed by atoms with Gasteiger partial charge < -0.3 is 15.6 Å². The number of ether oxygens (including phenoxy) is 1. The van der Waals surface area contributed by atoms with Crippen molar-refractivity contribution in [2.24, 2.45) is 0 Å². The van der Waals surface area contributed by atoms with Gasteiger partial charge in [0.2, 0.25) is 0 Å². The summed E-state index contributed by atoms with van der Waals surface area (Å²) in [5.74, 6) is -1.46. The van der Waals surface area contributed by atoms with E-state index in [1.807, 2.05) is 0 Å². The van der Waals surface area contributed by atoms with Crippen LogP contribution in [0.1, 0.15) is 36.7 Å². The first-order valence-corrected chi connectivity index (χ1v) is 5.52. The monoisotopic (exact) mass is 251 g/mol. The largest absolute Gasteiger partial charge is 0.478 e. The predicted octanol–water partition coefficient (Wildman–Crippen LogP) is 1.85. The summed E-state index contributed by atoms with van der Waals surface area (Å²) in [4.78, 5) is 22.4. The zero-order valence-electron chi connectivity index (χ0n) is 10.7. The summed E-state index contributed by atoms with van der Waals surface area (Å²) in [5.41, 5.74) is 5.86. The van der Waals surface area contributed by atoms with E-state index in [1.54, 1.807) is 26.8 Å². The van der Waals surface area contributed by atoms with Gasteiger partial charge in [0.1, 0.15) is 5.60 Å². The Balaban J connectivity index is 2.78. The maximum absolute atomic E-state index is 11.6. The molecule has 0 spiro atoms. The lowest BCUT2D eigenvalue weighted by Crippen LogP contribution is -2.24. The number of carboxylic acids is 1. The third-order valence-electron chi connectivity index (χ3n) is 2.11. The molecule has 18 heavy (non-hydrogen) atoms. The van der Waals surface area contributed by atoms with Gasteiger partial charge in [0.25, 0.3) is 0 Å². The first-order chi connectivity index (χ1) is 8.19. The summed E-state index contributed by atoms with van der Waals surface area (Å²) in [6, 6.07) is 4.43. The maximum atomic E-state index is 11.6. The average Bonchev–Trinajstić information content (AvgIpc) is 2.13. The molecule has 0 heterocycles. The molecular weight excluding hydrogens is 234 g/mol. The van der Waals surface area contributed by atoms with Gasteiger partial charge in [0.15, 0.2) is 0 Å². The van der Waals surface area contributed by atoms with Crippen molar-refractivity contribution in [2.45, 2.75) is 32.8 Å². The summed E-state index contributed by atoms with van der Waals surface area (Å²) < 4.78 is 5.16. The molecule has 0 amide bonds. The molecule has 0 aliphatic carbocycles. The van der Waals surface area contributed by atoms with Crippen molar-refractivity contribution in [2.75, 3.05) is 5.73 Å². The third-order valence-corrected chi connectivity index (χ3v) is 2.11. The number of hydrogen-bond donors (Lipinski definition) is 2. The van der Waals surface area contributed by atoms with Crippen LogP contribution in [0.25, 0.3) is 0 Å². The molecule has 5 heteroatoms. The van der Waals surface area contributed by atoms with E-state index >= 15 is 0 Å². The number of nitrogens with two attached hydrogens (primary N) is 1. The lowest BCUT2D eigenvalue weighted by Gasteiger charge is -2.19. The van der Waals surface area contributed by atoms with E-state index in [2.05, 4.69) is 0 Å². The zero-order chi connectivity index (χ0) is 13.9. The molecule has 0 radical (unpaired) electrons. The number of carbonyl (C=O) groups excluding carboxylic acids is 1. The second kappa shape index (κ2) is 5.08. The number of benzene rings is 1. The summed E-state index contributed by atoms with van der Waals surface area (Å²) in [7, 11) is 0. The fourth-order valence-electron chi connectivity index (χ4n) is 1.46. The van der Waals surface area contributed by atoms with E-state index in [1.165, 1.54) is 12.1 Å². The van der Waals surface area contributed by atoms with Gasteiger partial charge in [-0.15, -0.1) is 0 Å². The van der Waals surface area contributed by atoms with E-state index in [0.717, 1.165) is 0 Å². The van der Waals surface area contributed by atoms with Crippen molar-refractivity contribution in [3.05, 3.63) is 29.3 Å². The van der Waals surface area contributed by atoms with Crippen molar-refractivity contribution in [1.82, 2.24) is 0 Å². The van der Waals surface area contributed by atoms with Gasteiger partial charge in [0, 0.05) is 5.69 Å². The fraction of sp³-hybridized carbons (Fsp3) is 0.385. The number of hydrogen-bond acceptors (Lipinski definition) is 4. The van der Waals surface area contributed by atoms with Gasteiger partial charge in [-0.05, 0) is 38.5 Å². The quantitative estimate of drug-likeness (QED) is 0.632. The highest BCUT2D eigenvalue weighted by molar-refractivity contribution is 5.93. The summed E-state index contributed by atoms with van der Waals surface area (Å²) in [6.07, 6.45) is 0.0708. The Morgan fingerprint density at radius 2 is 1.94 bits per heavy atom. The van der Waals surface area contributed by atoms with Crippen LogP contribution in [0.4, 0.5) is 5.69 Å². The van der Waals surface area contributed by atoms with Gasteiger partial charge in [-0.2, -0.15) is 0 Å². The van der Waals surface area contributed by atoms with Crippen LogP contribution in [0.3, 0.4) is 0 Å². The van der Waals surface area contributed by atoms with Crippen LogP contribution in [0.15, 0.2) is 18.2 Å². The minimum atomic E-state index is -1.09. The van der Waals surface area contributed by atoms with Crippen molar-refractivity contribution in [3.8, 4) is 0 Å². The van der Waals surface area contributed by atoms with Crippen LogP contribution >= 0.6 is 0 Å². The smallest absolute Gasteiger partial charge is 0.337 e. The van der Waals surface area contributed by atoms with E-state index in [4.69, 9.17) is 15.6 Å². The Morgan fingerprint density at radius 1 is 1.33 bits per heavy atom. The molecule has 1 aromatic rings. The van der Waals surface area contributed by atoms with Gasteiger partial charge in [-0.3, -0.25) is 4.79 Å². The van der Waals surface area contributed by atoms with E-state index in [9.17, 15) is 9.59 Å². The minimum absolute atomic E-state index is 0.0305. The zero-order valence-corrected chi connectivity index (χ0v) is 10.7. The molecule has 1 aromatic carbocycles. The van der Waals surface area contributed by atoms with Crippen LogP contribution in [-0.4, -0.2) is 22.6 Å². The molecule has 0 saturated heterocycles. The molecule has 0 fully saturated rings. The molecule has 3 N–H and O–H groups in total. The normalized spacial score (nSPS) is 11.1. The Labute approximate surface area is 106 Å². The topological polar surface area (TPSA) is 89.6 Å². The SMILES string of the molecule is CC(C)(C)OC(=O)Cc1ccc(C(=O)O)c(N)c1. The van der Waals surface area contributed by atoms with Gasteiger partial charge in [0.05, 0.1) is 12.0 Å². The first kappa shape index (κ1) is 14.0. The first-order valence-electron chi connectivity index (χ1n) is 5.52. The highest BCUT2D eigenvalue weighted by Crippen LogP contribution is 2.16. The van der Waals surface area contributed by atoms with Crippen molar-refractivity contribution >= 4 is 17.6 Å². The Morgan fingerprint density at radius 3 is 2.39 bits per heavy atom. The minimum Gasteiger partial charge on any atom is -0.478 e. The van der Waals surface area contributed by atoms with Gasteiger partial charge in [-0.25, -0.2) is 4.79 Å². The number of carboxylic acid groups (broad SMARTS) is 1. The van der Waals surface area contributed by atoms with Gasteiger partial charge in [-0.1, -0.05) is 6.07 Å². The molecule has 0 aromatic heterocycles. The Bertz CT molecular complexity index is 474. The number of rotatable bonds is 3.